The molecule has 0 spiro atoms. The molecule has 1 fully saturated rings. The van der Waals surface area contributed by atoms with Gasteiger partial charge < -0.3 is 19.3 Å². The molecule has 2 aromatic carbocycles. The zero-order valence-electron chi connectivity index (χ0n) is 22.7. The van der Waals surface area contributed by atoms with Gasteiger partial charge in [-0.25, -0.2) is 4.39 Å². The quantitative estimate of drug-likeness (QED) is 0.350. The molecule has 0 aromatic heterocycles. The van der Waals surface area contributed by atoms with Crippen molar-refractivity contribution in [1.29, 1.82) is 0 Å². The predicted molar refractivity (Wildman–Crippen MR) is 142 cm³/mol. The monoisotopic (exact) mass is 515 g/mol. The zero-order chi connectivity index (χ0) is 26.8. The summed E-state index contributed by atoms with van der Waals surface area (Å²) in [6.45, 7) is 9.96. The second kappa shape index (κ2) is 14.5. The van der Waals surface area contributed by atoms with Crippen LogP contribution in [0.4, 0.5) is 4.39 Å². The molecule has 204 valence electrons. The lowest BCUT2D eigenvalue weighted by Gasteiger charge is -2.28. The number of hydrogen-bond acceptors (Lipinski definition) is 6. The topological polar surface area (TPSA) is 68.2 Å². The minimum absolute atomic E-state index is 0.167. The Morgan fingerprint density at radius 1 is 1.22 bits per heavy atom. The number of nitrogens with zero attached hydrogens (tertiary/aromatic N) is 1. The van der Waals surface area contributed by atoms with Gasteiger partial charge in [-0.15, -0.1) is 0 Å². The maximum Gasteiger partial charge on any atom is 0.306 e. The molecular weight excluding hydrogens is 473 g/mol. The fraction of sp³-hybridized carbons (Fsp3) is 0.567. The number of likely N-dealkylation sites (tertiary alicyclic amines) is 1. The van der Waals surface area contributed by atoms with E-state index in [2.05, 4.69) is 4.90 Å². The van der Waals surface area contributed by atoms with Gasteiger partial charge in [-0.3, -0.25) is 9.69 Å². The number of ether oxygens (including phenoxy) is 3. The van der Waals surface area contributed by atoms with Gasteiger partial charge in [-0.2, -0.15) is 0 Å². The van der Waals surface area contributed by atoms with Crippen LogP contribution in [0.2, 0.25) is 0 Å². The van der Waals surface area contributed by atoms with Gasteiger partial charge in [-0.05, 0) is 88.7 Å². The summed E-state index contributed by atoms with van der Waals surface area (Å²) >= 11 is 0. The molecule has 1 N–H and O–H groups in total. The average molecular weight is 516 g/mol. The first-order chi connectivity index (χ1) is 17.8. The summed E-state index contributed by atoms with van der Waals surface area (Å²) in [6.07, 6.45) is 2.71. The molecule has 7 heteroatoms. The molecule has 0 unspecified atom stereocenters. The van der Waals surface area contributed by atoms with Gasteiger partial charge in [0.05, 0.1) is 32.0 Å². The lowest BCUT2D eigenvalue weighted by atomic mass is 9.98. The van der Waals surface area contributed by atoms with Crippen LogP contribution in [0.1, 0.15) is 68.4 Å². The van der Waals surface area contributed by atoms with E-state index < -0.39 is 6.10 Å². The summed E-state index contributed by atoms with van der Waals surface area (Å²) in [5.74, 6) is 0.338. The molecular formula is C30H42FNO5. The van der Waals surface area contributed by atoms with Crippen LogP contribution >= 0.6 is 0 Å². The van der Waals surface area contributed by atoms with Gasteiger partial charge in [0.2, 0.25) is 0 Å². The van der Waals surface area contributed by atoms with Crippen molar-refractivity contribution >= 4 is 5.97 Å². The van der Waals surface area contributed by atoms with Crippen molar-refractivity contribution < 1.29 is 28.5 Å². The van der Waals surface area contributed by atoms with Crippen molar-refractivity contribution in [3.8, 4) is 5.75 Å². The van der Waals surface area contributed by atoms with E-state index in [9.17, 15) is 14.3 Å². The van der Waals surface area contributed by atoms with Crippen LogP contribution in [-0.2, 0) is 27.1 Å². The number of carbonyl (C=O) groups is 1. The molecule has 2 aromatic rings. The number of aliphatic hydroxyl groups is 1. The van der Waals surface area contributed by atoms with Crippen molar-refractivity contribution in [2.45, 2.75) is 78.0 Å². The zero-order valence-corrected chi connectivity index (χ0v) is 22.7. The maximum absolute atomic E-state index is 14.0. The highest BCUT2D eigenvalue weighted by Crippen LogP contribution is 2.31. The smallest absolute Gasteiger partial charge is 0.306 e. The number of benzene rings is 2. The van der Waals surface area contributed by atoms with Crippen LogP contribution in [0, 0.1) is 12.7 Å². The minimum atomic E-state index is -0.643. The molecule has 0 saturated carbocycles. The molecule has 1 saturated heterocycles. The maximum atomic E-state index is 14.0. The predicted octanol–water partition coefficient (Wildman–Crippen LogP) is 5.17. The number of aryl methyl sites for hydroxylation is 1. The molecule has 6 nitrogen and oxygen atoms in total. The fourth-order valence-electron chi connectivity index (χ4n) is 5.05. The molecule has 37 heavy (non-hydrogen) atoms. The van der Waals surface area contributed by atoms with Gasteiger partial charge in [-0.1, -0.05) is 24.3 Å². The van der Waals surface area contributed by atoms with Gasteiger partial charge >= 0.3 is 5.97 Å². The van der Waals surface area contributed by atoms with Crippen molar-refractivity contribution in [2.24, 2.45) is 0 Å². The highest BCUT2D eigenvalue weighted by atomic mass is 19.1. The van der Waals surface area contributed by atoms with Crippen molar-refractivity contribution in [3.63, 3.8) is 0 Å². The summed E-state index contributed by atoms with van der Waals surface area (Å²) in [6, 6.07) is 11.5. The lowest BCUT2D eigenvalue weighted by Crippen LogP contribution is -2.39. The van der Waals surface area contributed by atoms with Crippen molar-refractivity contribution in [2.75, 3.05) is 32.9 Å². The van der Waals surface area contributed by atoms with Gasteiger partial charge in [0, 0.05) is 24.6 Å². The standard InChI is InChI=1S/C30H42FNO5/c1-5-35-29-11-7-10-26(27(29)14-15-30(34)36-6-2)22(4)37-20-25(33)19-32-16-8-9-24(32)17-23-13-12-21(3)28(31)18-23/h7,10-13,18,22,24-25,33H,5-6,8-9,14-17,19-20H2,1-4H3/t22-,24+,25-/m1/s1. The lowest BCUT2D eigenvalue weighted by molar-refractivity contribution is -0.143. The SMILES string of the molecule is CCOC(=O)CCc1c(OCC)cccc1[C@@H](C)OC[C@H](O)CN1CCC[C@H]1Cc1ccc(C)c(F)c1. The summed E-state index contributed by atoms with van der Waals surface area (Å²) in [5, 5.41) is 10.8. The molecule has 0 amide bonds. The number of esters is 1. The van der Waals surface area contributed by atoms with Crippen LogP contribution < -0.4 is 4.74 Å². The number of rotatable bonds is 14. The van der Waals surface area contributed by atoms with Gasteiger partial charge in [0.1, 0.15) is 11.6 Å². The van der Waals surface area contributed by atoms with E-state index in [0.717, 1.165) is 48.2 Å². The second-order valence-electron chi connectivity index (χ2n) is 9.77. The highest BCUT2D eigenvalue weighted by molar-refractivity contribution is 5.70. The van der Waals surface area contributed by atoms with Gasteiger partial charge in [0.25, 0.3) is 0 Å². The fourth-order valence-corrected chi connectivity index (χ4v) is 5.05. The Labute approximate surface area is 220 Å². The number of carbonyl (C=O) groups excluding carboxylic acids is 1. The Balaban J connectivity index is 1.58. The highest BCUT2D eigenvalue weighted by Gasteiger charge is 2.27. The Hall–Kier alpha value is -2.48. The number of halogens is 1. The molecule has 1 heterocycles. The Morgan fingerprint density at radius 2 is 2.03 bits per heavy atom. The normalized spacial score (nSPS) is 17.5. The van der Waals surface area contributed by atoms with Crippen LogP contribution in [0.3, 0.4) is 0 Å². The Kier molecular flexibility index (Phi) is 11.4. The van der Waals surface area contributed by atoms with Gasteiger partial charge in [0.15, 0.2) is 0 Å². The van der Waals surface area contributed by atoms with E-state index in [4.69, 9.17) is 14.2 Å². The van der Waals surface area contributed by atoms with E-state index in [-0.39, 0.29) is 37.0 Å². The summed E-state index contributed by atoms with van der Waals surface area (Å²) in [5.41, 5.74) is 3.53. The van der Waals surface area contributed by atoms with E-state index >= 15 is 0 Å². The molecule has 1 aliphatic rings. The largest absolute Gasteiger partial charge is 0.494 e. The number of aliphatic hydroxyl groups excluding tert-OH is 1. The van der Waals surface area contributed by atoms with E-state index in [1.165, 1.54) is 0 Å². The number of β-amino-alcohol motifs (C(OH)–C–C–N with tert-alkyl or cyclic N) is 1. The molecule has 1 aliphatic heterocycles. The van der Waals surface area contributed by atoms with E-state index in [1.807, 2.05) is 44.2 Å². The third kappa shape index (κ3) is 8.52. The average Bonchev–Trinajstić information content (AvgIpc) is 3.30. The minimum Gasteiger partial charge on any atom is -0.494 e. The first kappa shape index (κ1) is 29.1. The number of hydrogen-bond donors (Lipinski definition) is 1. The summed E-state index contributed by atoms with van der Waals surface area (Å²) < 4.78 is 31.0. The van der Waals surface area contributed by atoms with Crippen LogP contribution in [0.5, 0.6) is 5.75 Å². The molecule has 0 bridgehead atoms. The van der Waals surface area contributed by atoms with Crippen LogP contribution in [0.15, 0.2) is 36.4 Å². The van der Waals surface area contributed by atoms with E-state index in [1.54, 1.807) is 19.9 Å². The second-order valence-corrected chi connectivity index (χ2v) is 9.77. The summed E-state index contributed by atoms with van der Waals surface area (Å²) in [7, 11) is 0. The molecule has 0 aliphatic carbocycles. The Morgan fingerprint density at radius 3 is 2.76 bits per heavy atom. The molecule has 0 radical (unpaired) electrons. The molecule has 3 rings (SSSR count). The van der Waals surface area contributed by atoms with Crippen LogP contribution in [-0.4, -0.2) is 61.0 Å². The van der Waals surface area contributed by atoms with Crippen molar-refractivity contribution in [3.05, 3.63) is 64.5 Å². The third-order valence-electron chi connectivity index (χ3n) is 6.98. The first-order valence-electron chi connectivity index (χ1n) is 13.5. The first-order valence-corrected chi connectivity index (χ1v) is 13.5. The van der Waals surface area contributed by atoms with Crippen molar-refractivity contribution in [1.82, 2.24) is 4.90 Å². The Bertz CT molecular complexity index is 1010. The molecule has 3 atom stereocenters. The van der Waals surface area contributed by atoms with E-state index in [0.29, 0.717) is 31.7 Å². The van der Waals surface area contributed by atoms with Crippen LogP contribution in [0.25, 0.3) is 0 Å². The summed E-state index contributed by atoms with van der Waals surface area (Å²) in [4.78, 5) is 14.3. The third-order valence-corrected chi connectivity index (χ3v) is 6.98.